The number of piperazine rings is 1. The molecular formula is C16H29Cl2N5O. The fourth-order valence-corrected chi connectivity index (χ4v) is 2.57. The maximum atomic E-state index is 12.0. The molecule has 1 aromatic rings. The summed E-state index contributed by atoms with van der Waals surface area (Å²) in [4.78, 5) is 25.4. The zero-order valence-corrected chi connectivity index (χ0v) is 16.5. The van der Waals surface area contributed by atoms with Gasteiger partial charge in [0.15, 0.2) is 0 Å². The van der Waals surface area contributed by atoms with Gasteiger partial charge in [-0.25, -0.2) is 9.97 Å². The van der Waals surface area contributed by atoms with Crippen LogP contribution < -0.4 is 10.2 Å². The van der Waals surface area contributed by atoms with Crippen LogP contribution in [0.5, 0.6) is 0 Å². The van der Waals surface area contributed by atoms with Crippen LogP contribution >= 0.6 is 24.8 Å². The van der Waals surface area contributed by atoms with Gasteiger partial charge in [-0.1, -0.05) is 13.8 Å². The van der Waals surface area contributed by atoms with Crippen LogP contribution in [0.4, 0.5) is 5.82 Å². The molecule has 138 valence electrons. The Morgan fingerprint density at radius 1 is 1.21 bits per heavy atom. The van der Waals surface area contributed by atoms with Crippen LogP contribution in [0, 0.1) is 6.92 Å². The fourth-order valence-electron chi connectivity index (χ4n) is 2.57. The quantitative estimate of drug-likeness (QED) is 0.850. The van der Waals surface area contributed by atoms with Crippen LogP contribution in [-0.4, -0.2) is 60.5 Å². The monoisotopic (exact) mass is 377 g/mol. The molecule has 2 rings (SSSR count). The first-order valence-corrected chi connectivity index (χ1v) is 8.04. The number of halogens is 2. The molecule has 0 aliphatic carbocycles. The number of hydrogen-bond donors (Lipinski definition) is 1. The minimum Gasteiger partial charge on any atom is -0.353 e. The van der Waals surface area contributed by atoms with Gasteiger partial charge in [0, 0.05) is 56.8 Å². The maximum absolute atomic E-state index is 12.0. The molecule has 1 N–H and O–H groups in total. The highest BCUT2D eigenvalue weighted by atomic mass is 35.5. The second kappa shape index (κ2) is 10.7. The Morgan fingerprint density at radius 2 is 1.83 bits per heavy atom. The molecule has 1 aliphatic rings. The second-order valence-electron chi connectivity index (χ2n) is 6.10. The standard InChI is InChI=1S/C16H27N5O.2ClH/c1-12(2)16-18-13(3)11-14(19-16)20-7-9-21(10-8-20)15(22)5-6-17-4;;/h11-12,17H,5-10H2,1-4H3;2*1H. The van der Waals surface area contributed by atoms with Gasteiger partial charge in [0.1, 0.15) is 11.6 Å². The van der Waals surface area contributed by atoms with E-state index in [1.54, 1.807) is 0 Å². The molecule has 1 fully saturated rings. The molecule has 1 aliphatic heterocycles. The van der Waals surface area contributed by atoms with Gasteiger partial charge in [-0.15, -0.1) is 24.8 Å². The summed E-state index contributed by atoms with van der Waals surface area (Å²) < 4.78 is 0. The minimum atomic E-state index is 0. The lowest BCUT2D eigenvalue weighted by Crippen LogP contribution is -2.49. The summed E-state index contributed by atoms with van der Waals surface area (Å²) in [6, 6.07) is 2.03. The van der Waals surface area contributed by atoms with E-state index in [1.165, 1.54) is 0 Å². The molecule has 0 aromatic carbocycles. The summed E-state index contributed by atoms with van der Waals surface area (Å²) in [5.74, 6) is 2.43. The van der Waals surface area contributed by atoms with Gasteiger partial charge in [0.05, 0.1) is 0 Å². The molecule has 6 nitrogen and oxygen atoms in total. The van der Waals surface area contributed by atoms with E-state index in [4.69, 9.17) is 0 Å². The van der Waals surface area contributed by atoms with Crippen molar-refractivity contribution in [1.29, 1.82) is 0 Å². The molecule has 1 saturated heterocycles. The van der Waals surface area contributed by atoms with Crippen LogP contribution in [0.15, 0.2) is 6.07 Å². The predicted octanol–water partition coefficient (Wildman–Crippen LogP) is 2.01. The lowest BCUT2D eigenvalue weighted by atomic mass is 10.2. The molecule has 0 radical (unpaired) electrons. The van der Waals surface area contributed by atoms with Gasteiger partial charge < -0.3 is 15.1 Å². The average molecular weight is 378 g/mol. The van der Waals surface area contributed by atoms with E-state index in [2.05, 4.69) is 34.0 Å². The third-order valence-corrected chi connectivity index (χ3v) is 3.92. The average Bonchev–Trinajstić information content (AvgIpc) is 2.52. The van der Waals surface area contributed by atoms with E-state index in [0.717, 1.165) is 50.1 Å². The zero-order valence-electron chi connectivity index (χ0n) is 14.9. The Morgan fingerprint density at radius 3 is 2.38 bits per heavy atom. The summed E-state index contributed by atoms with van der Waals surface area (Å²) in [7, 11) is 1.87. The first kappa shape index (κ1) is 22.9. The van der Waals surface area contributed by atoms with E-state index in [0.29, 0.717) is 12.3 Å². The predicted molar refractivity (Wildman–Crippen MR) is 103 cm³/mol. The fraction of sp³-hybridized carbons (Fsp3) is 0.688. The van der Waals surface area contributed by atoms with E-state index < -0.39 is 0 Å². The van der Waals surface area contributed by atoms with Crippen molar-refractivity contribution in [3.05, 3.63) is 17.6 Å². The highest BCUT2D eigenvalue weighted by molar-refractivity contribution is 5.85. The smallest absolute Gasteiger partial charge is 0.223 e. The Bertz CT molecular complexity index is 519. The van der Waals surface area contributed by atoms with Crippen molar-refractivity contribution in [2.45, 2.75) is 33.1 Å². The molecule has 0 spiro atoms. The lowest BCUT2D eigenvalue weighted by molar-refractivity contribution is -0.131. The summed E-state index contributed by atoms with van der Waals surface area (Å²) >= 11 is 0. The summed E-state index contributed by atoms with van der Waals surface area (Å²) in [5.41, 5.74) is 1.00. The van der Waals surface area contributed by atoms with Crippen LogP contribution in [0.3, 0.4) is 0 Å². The van der Waals surface area contributed by atoms with Crippen LogP contribution in [-0.2, 0) is 4.79 Å². The van der Waals surface area contributed by atoms with Crippen molar-refractivity contribution in [1.82, 2.24) is 20.2 Å². The third kappa shape index (κ3) is 6.07. The molecular weight excluding hydrogens is 349 g/mol. The molecule has 1 amide bonds. The molecule has 8 heteroatoms. The Labute approximate surface area is 157 Å². The number of carbonyl (C=O) groups is 1. The number of nitrogens with one attached hydrogen (secondary N) is 1. The van der Waals surface area contributed by atoms with E-state index in [1.807, 2.05) is 24.9 Å². The maximum Gasteiger partial charge on any atom is 0.223 e. The number of anilines is 1. The summed E-state index contributed by atoms with van der Waals surface area (Å²) in [5, 5.41) is 3.02. The molecule has 24 heavy (non-hydrogen) atoms. The van der Waals surface area contributed by atoms with Crippen molar-refractivity contribution in [2.75, 3.05) is 44.7 Å². The Kier molecular flexibility index (Phi) is 10.2. The molecule has 0 bridgehead atoms. The molecule has 2 heterocycles. The SMILES string of the molecule is CNCCC(=O)N1CCN(c2cc(C)nc(C(C)C)n2)CC1.Cl.Cl. The number of amides is 1. The van der Waals surface area contributed by atoms with E-state index >= 15 is 0 Å². The van der Waals surface area contributed by atoms with Crippen LogP contribution in [0.25, 0.3) is 0 Å². The molecule has 0 saturated carbocycles. The lowest BCUT2D eigenvalue weighted by Gasteiger charge is -2.35. The van der Waals surface area contributed by atoms with Crippen molar-refractivity contribution >= 4 is 36.5 Å². The van der Waals surface area contributed by atoms with Crippen molar-refractivity contribution in [2.24, 2.45) is 0 Å². The van der Waals surface area contributed by atoms with Gasteiger partial charge in [-0.05, 0) is 14.0 Å². The van der Waals surface area contributed by atoms with Gasteiger partial charge in [-0.3, -0.25) is 4.79 Å². The van der Waals surface area contributed by atoms with Gasteiger partial charge in [-0.2, -0.15) is 0 Å². The molecule has 0 atom stereocenters. The van der Waals surface area contributed by atoms with Gasteiger partial charge in [0.2, 0.25) is 5.91 Å². The normalized spacial score (nSPS) is 14.2. The highest BCUT2D eigenvalue weighted by Crippen LogP contribution is 2.18. The van der Waals surface area contributed by atoms with Crippen molar-refractivity contribution in [3.8, 4) is 0 Å². The van der Waals surface area contributed by atoms with E-state index in [9.17, 15) is 4.79 Å². The Balaban J connectivity index is 0.00000264. The number of carbonyl (C=O) groups excluding carboxylic acids is 1. The number of hydrogen-bond acceptors (Lipinski definition) is 5. The highest BCUT2D eigenvalue weighted by Gasteiger charge is 2.22. The minimum absolute atomic E-state index is 0. The van der Waals surface area contributed by atoms with Crippen LogP contribution in [0.2, 0.25) is 0 Å². The first-order valence-electron chi connectivity index (χ1n) is 8.04. The summed E-state index contributed by atoms with van der Waals surface area (Å²) in [6.07, 6.45) is 0.570. The topological polar surface area (TPSA) is 61.4 Å². The number of rotatable bonds is 5. The largest absolute Gasteiger partial charge is 0.353 e. The molecule has 0 unspecified atom stereocenters. The van der Waals surface area contributed by atoms with Gasteiger partial charge in [0.25, 0.3) is 0 Å². The van der Waals surface area contributed by atoms with Crippen molar-refractivity contribution in [3.63, 3.8) is 0 Å². The Hall–Kier alpha value is -1.11. The van der Waals surface area contributed by atoms with Gasteiger partial charge >= 0.3 is 0 Å². The number of nitrogens with zero attached hydrogens (tertiary/aromatic N) is 4. The van der Waals surface area contributed by atoms with E-state index in [-0.39, 0.29) is 30.7 Å². The third-order valence-electron chi connectivity index (χ3n) is 3.92. The second-order valence-corrected chi connectivity index (χ2v) is 6.10. The van der Waals surface area contributed by atoms with Crippen LogP contribution in [0.1, 0.15) is 37.7 Å². The number of aryl methyl sites for hydroxylation is 1. The zero-order chi connectivity index (χ0) is 16.1. The summed E-state index contributed by atoms with van der Waals surface area (Å²) in [6.45, 7) is 10.2. The number of aromatic nitrogens is 2. The molecule has 1 aromatic heterocycles. The van der Waals surface area contributed by atoms with Crippen molar-refractivity contribution < 1.29 is 4.79 Å². The first-order chi connectivity index (χ1) is 10.5.